The molecule has 1 heterocycles. The monoisotopic (exact) mass is 346 g/mol. The Hall–Kier alpha value is -2.34. The third kappa shape index (κ3) is 3.69. The average molecular weight is 346 g/mol. The number of halogens is 2. The van der Waals surface area contributed by atoms with E-state index in [0.717, 1.165) is 17.7 Å². The van der Waals surface area contributed by atoms with E-state index in [9.17, 15) is 18.7 Å². The molecular formula is C19H20F2N2O2. The third-order valence-corrected chi connectivity index (χ3v) is 4.68. The summed E-state index contributed by atoms with van der Waals surface area (Å²) in [7, 11) is 0. The van der Waals surface area contributed by atoms with E-state index in [1.807, 2.05) is 12.1 Å². The summed E-state index contributed by atoms with van der Waals surface area (Å²) >= 11 is 0. The lowest BCUT2D eigenvalue weighted by atomic mass is 9.98. The lowest BCUT2D eigenvalue weighted by Crippen LogP contribution is -2.40. The molecule has 1 amide bonds. The average Bonchev–Trinajstić information content (AvgIpc) is 3.41. The van der Waals surface area contributed by atoms with Crippen molar-refractivity contribution in [3.63, 3.8) is 0 Å². The molecule has 132 valence electrons. The quantitative estimate of drug-likeness (QED) is 0.845. The van der Waals surface area contributed by atoms with Gasteiger partial charge in [-0.2, -0.15) is 0 Å². The number of benzene rings is 1. The number of amides is 1. The van der Waals surface area contributed by atoms with Crippen LogP contribution in [0.15, 0.2) is 42.7 Å². The highest BCUT2D eigenvalue weighted by Crippen LogP contribution is 2.47. The fourth-order valence-corrected chi connectivity index (χ4v) is 3.14. The van der Waals surface area contributed by atoms with Crippen molar-refractivity contribution >= 4 is 5.91 Å². The summed E-state index contributed by atoms with van der Waals surface area (Å²) in [6.07, 6.45) is 3.03. The van der Waals surface area contributed by atoms with Crippen LogP contribution in [0, 0.1) is 17.6 Å². The van der Waals surface area contributed by atoms with Gasteiger partial charge in [-0.05, 0) is 42.5 Å². The van der Waals surface area contributed by atoms with Crippen molar-refractivity contribution in [3.05, 3.63) is 65.5 Å². The number of nitrogens with zero attached hydrogens (tertiary/aromatic N) is 1. The third-order valence-electron chi connectivity index (χ3n) is 4.68. The summed E-state index contributed by atoms with van der Waals surface area (Å²) in [5.74, 6) is -1.94. The van der Waals surface area contributed by atoms with Crippen molar-refractivity contribution in [2.45, 2.75) is 37.8 Å². The van der Waals surface area contributed by atoms with Gasteiger partial charge in [0, 0.05) is 18.3 Å². The highest BCUT2D eigenvalue weighted by Gasteiger charge is 2.45. The molecule has 1 aromatic heterocycles. The van der Waals surface area contributed by atoms with Gasteiger partial charge in [0.05, 0.1) is 11.6 Å². The Kier molecular flexibility index (Phi) is 5.08. The minimum absolute atomic E-state index is 0.105. The number of pyridine rings is 1. The normalized spacial score (nSPS) is 21.4. The standard InChI is InChI=1S/C19H20F2N2O2/c1-2-16(18(24)17-14(20)6-3-7-15(17)21)23-19(25)13-9-12(13)11-5-4-8-22-10-11/h3-8,10,12-13,16,18,24H,2,9H2,1H3,(H,23,25)/t12-,13+,16-,18+/m0/s1. The smallest absolute Gasteiger partial charge is 0.224 e. The molecular weight excluding hydrogens is 326 g/mol. The molecule has 2 N–H and O–H groups in total. The number of carbonyl (C=O) groups excluding carboxylic acids is 1. The Morgan fingerprint density at radius 1 is 1.32 bits per heavy atom. The van der Waals surface area contributed by atoms with E-state index in [-0.39, 0.29) is 17.7 Å². The number of carbonyl (C=O) groups is 1. The highest BCUT2D eigenvalue weighted by atomic mass is 19.1. The molecule has 6 heteroatoms. The maximum Gasteiger partial charge on any atom is 0.224 e. The van der Waals surface area contributed by atoms with Gasteiger partial charge in [-0.3, -0.25) is 9.78 Å². The van der Waals surface area contributed by atoms with E-state index in [1.54, 1.807) is 19.3 Å². The summed E-state index contributed by atoms with van der Waals surface area (Å²) in [4.78, 5) is 16.5. The summed E-state index contributed by atoms with van der Waals surface area (Å²) < 4.78 is 27.7. The fourth-order valence-electron chi connectivity index (χ4n) is 3.14. The number of aliphatic hydroxyl groups excluding tert-OH is 1. The van der Waals surface area contributed by atoms with Gasteiger partial charge in [0.1, 0.15) is 17.7 Å². The number of hydrogen-bond acceptors (Lipinski definition) is 3. The molecule has 25 heavy (non-hydrogen) atoms. The summed E-state index contributed by atoms with van der Waals surface area (Å²) in [6, 6.07) is 6.41. The first-order valence-electron chi connectivity index (χ1n) is 8.35. The van der Waals surface area contributed by atoms with Crippen LogP contribution in [0.4, 0.5) is 8.78 Å². The minimum atomic E-state index is -1.44. The van der Waals surface area contributed by atoms with Crippen LogP contribution in [0.25, 0.3) is 0 Å². The Morgan fingerprint density at radius 2 is 2.04 bits per heavy atom. The molecule has 0 unspecified atom stereocenters. The van der Waals surface area contributed by atoms with Gasteiger partial charge in [-0.1, -0.05) is 19.1 Å². The van der Waals surface area contributed by atoms with E-state index in [2.05, 4.69) is 10.3 Å². The first kappa shape index (κ1) is 17.5. The van der Waals surface area contributed by atoms with Crippen molar-refractivity contribution in [2.24, 2.45) is 5.92 Å². The van der Waals surface area contributed by atoms with Crippen LogP contribution in [0.1, 0.15) is 42.9 Å². The first-order chi connectivity index (χ1) is 12.0. The highest BCUT2D eigenvalue weighted by molar-refractivity contribution is 5.83. The number of rotatable bonds is 6. The Bertz CT molecular complexity index is 734. The van der Waals surface area contributed by atoms with Crippen molar-refractivity contribution < 1.29 is 18.7 Å². The van der Waals surface area contributed by atoms with E-state index in [4.69, 9.17) is 0 Å². The second-order valence-electron chi connectivity index (χ2n) is 6.34. The van der Waals surface area contributed by atoms with Crippen molar-refractivity contribution in [3.8, 4) is 0 Å². The molecule has 1 aliphatic rings. The van der Waals surface area contributed by atoms with Gasteiger partial charge < -0.3 is 10.4 Å². The van der Waals surface area contributed by atoms with Gasteiger partial charge in [0.15, 0.2) is 0 Å². The molecule has 1 aromatic carbocycles. The number of nitrogens with one attached hydrogen (secondary N) is 1. The number of aromatic nitrogens is 1. The largest absolute Gasteiger partial charge is 0.386 e. The van der Waals surface area contributed by atoms with Crippen LogP contribution in [0.2, 0.25) is 0 Å². The molecule has 4 nitrogen and oxygen atoms in total. The molecule has 0 saturated heterocycles. The van der Waals surface area contributed by atoms with Crippen LogP contribution in [-0.2, 0) is 4.79 Å². The second kappa shape index (κ2) is 7.27. The molecule has 4 atom stereocenters. The van der Waals surface area contributed by atoms with Crippen molar-refractivity contribution in [1.29, 1.82) is 0 Å². The van der Waals surface area contributed by atoms with Crippen molar-refractivity contribution in [1.82, 2.24) is 10.3 Å². The van der Waals surface area contributed by atoms with E-state index in [0.29, 0.717) is 12.8 Å². The molecule has 1 aliphatic carbocycles. The Morgan fingerprint density at radius 3 is 2.64 bits per heavy atom. The molecule has 0 aliphatic heterocycles. The summed E-state index contributed by atoms with van der Waals surface area (Å²) in [5.41, 5.74) is 0.589. The zero-order valence-corrected chi connectivity index (χ0v) is 13.8. The van der Waals surface area contributed by atoms with Crippen LogP contribution in [0.5, 0.6) is 0 Å². The summed E-state index contributed by atoms with van der Waals surface area (Å²) in [6.45, 7) is 1.75. The maximum atomic E-state index is 13.9. The topological polar surface area (TPSA) is 62.2 Å². The van der Waals surface area contributed by atoms with Gasteiger partial charge in [-0.15, -0.1) is 0 Å². The van der Waals surface area contributed by atoms with Gasteiger partial charge in [0.2, 0.25) is 5.91 Å². The zero-order valence-electron chi connectivity index (χ0n) is 13.8. The number of hydrogen-bond donors (Lipinski definition) is 2. The predicted octanol–water partition coefficient (Wildman–Crippen LogP) is 3.09. The van der Waals surface area contributed by atoms with Crippen molar-refractivity contribution in [2.75, 3.05) is 0 Å². The lowest BCUT2D eigenvalue weighted by molar-refractivity contribution is -0.124. The lowest BCUT2D eigenvalue weighted by Gasteiger charge is -2.24. The molecule has 0 bridgehead atoms. The maximum absolute atomic E-state index is 13.9. The fraction of sp³-hybridized carbons (Fsp3) is 0.368. The van der Waals surface area contributed by atoms with E-state index >= 15 is 0 Å². The predicted molar refractivity (Wildman–Crippen MR) is 88.6 cm³/mol. The summed E-state index contributed by atoms with van der Waals surface area (Å²) in [5, 5.41) is 13.1. The van der Waals surface area contributed by atoms with Gasteiger partial charge in [-0.25, -0.2) is 8.78 Å². The SMILES string of the molecule is CC[C@H](NC(=O)[C@@H]1C[C@H]1c1cccnc1)[C@@H](O)c1c(F)cccc1F. The molecule has 2 aromatic rings. The van der Waals surface area contributed by atoms with Crippen LogP contribution < -0.4 is 5.32 Å². The van der Waals surface area contributed by atoms with Crippen LogP contribution >= 0.6 is 0 Å². The van der Waals surface area contributed by atoms with E-state index in [1.165, 1.54) is 6.07 Å². The number of aliphatic hydroxyl groups is 1. The van der Waals surface area contributed by atoms with Gasteiger partial charge in [0.25, 0.3) is 0 Å². The molecule has 0 spiro atoms. The van der Waals surface area contributed by atoms with Gasteiger partial charge >= 0.3 is 0 Å². The van der Waals surface area contributed by atoms with Crippen LogP contribution in [0.3, 0.4) is 0 Å². The van der Waals surface area contributed by atoms with Crippen LogP contribution in [-0.4, -0.2) is 22.0 Å². The molecule has 3 rings (SSSR count). The zero-order chi connectivity index (χ0) is 18.0. The molecule has 0 radical (unpaired) electrons. The second-order valence-corrected chi connectivity index (χ2v) is 6.34. The molecule has 1 saturated carbocycles. The minimum Gasteiger partial charge on any atom is -0.386 e. The first-order valence-corrected chi connectivity index (χ1v) is 8.35. The Labute approximate surface area is 144 Å². The Balaban J connectivity index is 1.67. The molecule has 1 fully saturated rings. The van der Waals surface area contributed by atoms with E-state index < -0.39 is 29.3 Å².